The van der Waals surface area contributed by atoms with Crippen molar-refractivity contribution >= 4 is 10.0 Å². The predicted molar refractivity (Wildman–Crippen MR) is 69.3 cm³/mol. The maximum atomic E-state index is 12.1. The summed E-state index contributed by atoms with van der Waals surface area (Å²) in [6.45, 7) is 4.41. The zero-order valence-electron chi connectivity index (χ0n) is 10.9. The normalized spacial score (nSPS) is 24.7. The average Bonchev–Trinajstić information content (AvgIpc) is 3.14. The fraction of sp³-hybridized carbons (Fsp3) is 0.917. The maximum absolute atomic E-state index is 12.1. The molecule has 18 heavy (non-hydrogen) atoms. The molecule has 1 aliphatic heterocycles. The SMILES string of the molecule is CCC(C#N)N1CCN(S(=O)(=O)CC2CC2)CC1. The van der Waals surface area contributed by atoms with Gasteiger partial charge in [0, 0.05) is 26.2 Å². The molecule has 1 saturated heterocycles. The van der Waals surface area contributed by atoms with Crippen molar-refractivity contribution in [1.29, 1.82) is 5.26 Å². The molecule has 102 valence electrons. The largest absolute Gasteiger partial charge is 0.285 e. The van der Waals surface area contributed by atoms with E-state index in [9.17, 15) is 8.42 Å². The Morgan fingerprint density at radius 1 is 1.28 bits per heavy atom. The number of hydrogen-bond acceptors (Lipinski definition) is 4. The Kier molecular flexibility index (Phi) is 4.25. The molecule has 6 heteroatoms. The Balaban J connectivity index is 1.88. The molecule has 1 heterocycles. The Morgan fingerprint density at radius 2 is 1.89 bits per heavy atom. The number of piperazine rings is 1. The molecule has 0 aromatic carbocycles. The van der Waals surface area contributed by atoms with Crippen LogP contribution in [-0.2, 0) is 10.0 Å². The number of hydrogen-bond donors (Lipinski definition) is 0. The number of sulfonamides is 1. The third-order valence-corrected chi connectivity index (χ3v) is 5.83. The van der Waals surface area contributed by atoms with Crippen LogP contribution in [0, 0.1) is 17.2 Å². The molecule has 0 bridgehead atoms. The lowest BCUT2D eigenvalue weighted by molar-refractivity contribution is 0.159. The molecule has 1 saturated carbocycles. The summed E-state index contributed by atoms with van der Waals surface area (Å²) < 4.78 is 25.8. The van der Waals surface area contributed by atoms with Crippen LogP contribution in [0.3, 0.4) is 0 Å². The van der Waals surface area contributed by atoms with Crippen LogP contribution in [0.4, 0.5) is 0 Å². The molecule has 0 amide bonds. The van der Waals surface area contributed by atoms with Crippen molar-refractivity contribution in [3.8, 4) is 6.07 Å². The van der Waals surface area contributed by atoms with Crippen molar-refractivity contribution in [3.05, 3.63) is 0 Å². The van der Waals surface area contributed by atoms with Gasteiger partial charge in [-0.05, 0) is 25.2 Å². The van der Waals surface area contributed by atoms with E-state index in [2.05, 4.69) is 11.0 Å². The van der Waals surface area contributed by atoms with E-state index in [-0.39, 0.29) is 6.04 Å². The van der Waals surface area contributed by atoms with Gasteiger partial charge in [-0.15, -0.1) is 0 Å². The van der Waals surface area contributed by atoms with Crippen LogP contribution in [0.1, 0.15) is 26.2 Å². The van der Waals surface area contributed by atoms with E-state index in [1.807, 2.05) is 6.92 Å². The fourth-order valence-corrected chi connectivity index (χ4v) is 4.27. The van der Waals surface area contributed by atoms with Gasteiger partial charge in [-0.3, -0.25) is 4.90 Å². The first-order valence-electron chi connectivity index (χ1n) is 6.68. The second-order valence-electron chi connectivity index (χ2n) is 5.21. The van der Waals surface area contributed by atoms with Crippen molar-refractivity contribution in [2.24, 2.45) is 5.92 Å². The van der Waals surface area contributed by atoms with Crippen LogP contribution >= 0.6 is 0 Å². The molecular weight excluding hydrogens is 250 g/mol. The molecule has 5 nitrogen and oxygen atoms in total. The molecule has 1 atom stereocenters. The number of nitriles is 1. The average molecular weight is 271 g/mol. The van der Waals surface area contributed by atoms with E-state index in [0.717, 1.165) is 19.3 Å². The monoisotopic (exact) mass is 271 g/mol. The van der Waals surface area contributed by atoms with Crippen LogP contribution in [-0.4, -0.2) is 55.6 Å². The van der Waals surface area contributed by atoms with E-state index >= 15 is 0 Å². The van der Waals surface area contributed by atoms with Crippen molar-refractivity contribution in [1.82, 2.24) is 9.21 Å². The maximum Gasteiger partial charge on any atom is 0.214 e. The van der Waals surface area contributed by atoms with Crippen LogP contribution in [0.15, 0.2) is 0 Å². The molecule has 2 aliphatic rings. The standard InChI is InChI=1S/C12H21N3O2S/c1-2-12(9-13)14-5-7-15(8-6-14)18(16,17)10-11-3-4-11/h11-12H,2-8,10H2,1H3. The molecule has 1 unspecified atom stereocenters. The molecule has 0 aromatic heterocycles. The highest BCUT2D eigenvalue weighted by Gasteiger charge is 2.34. The highest BCUT2D eigenvalue weighted by molar-refractivity contribution is 7.89. The molecule has 0 radical (unpaired) electrons. The summed E-state index contributed by atoms with van der Waals surface area (Å²) in [5.74, 6) is 0.721. The predicted octanol–water partition coefficient (Wildman–Crippen LogP) is 0.646. The minimum atomic E-state index is -3.06. The third-order valence-electron chi connectivity index (χ3n) is 3.79. The van der Waals surface area contributed by atoms with Crippen LogP contribution in [0.2, 0.25) is 0 Å². The first-order chi connectivity index (χ1) is 8.56. The van der Waals surface area contributed by atoms with E-state index < -0.39 is 10.0 Å². The molecule has 2 rings (SSSR count). The van der Waals surface area contributed by atoms with Crippen LogP contribution in [0.25, 0.3) is 0 Å². The van der Waals surface area contributed by atoms with Crippen molar-refractivity contribution in [2.45, 2.75) is 32.2 Å². The lowest BCUT2D eigenvalue weighted by atomic mass is 10.2. The molecule has 2 fully saturated rings. The van der Waals surface area contributed by atoms with Gasteiger partial charge < -0.3 is 0 Å². The van der Waals surface area contributed by atoms with Crippen LogP contribution < -0.4 is 0 Å². The highest BCUT2D eigenvalue weighted by atomic mass is 32.2. The van der Waals surface area contributed by atoms with Crippen molar-refractivity contribution in [3.63, 3.8) is 0 Å². The van der Waals surface area contributed by atoms with E-state index in [1.165, 1.54) is 0 Å². The first-order valence-corrected chi connectivity index (χ1v) is 8.29. The summed E-state index contributed by atoms with van der Waals surface area (Å²) in [7, 11) is -3.06. The van der Waals surface area contributed by atoms with Gasteiger partial charge in [0.25, 0.3) is 0 Å². The zero-order chi connectivity index (χ0) is 13.2. The summed E-state index contributed by atoms with van der Waals surface area (Å²) >= 11 is 0. The lowest BCUT2D eigenvalue weighted by Gasteiger charge is -2.35. The minimum absolute atomic E-state index is 0.0710. The smallest absolute Gasteiger partial charge is 0.214 e. The second kappa shape index (κ2) is 5.55. The Morgan fingerprint density at radius 3 is 2.33 bits per heavy atom. The zero-order valence-corrected chi connectivity index (χ0v) is 11.7. The summed E-state index contributed by atoms with van der Waals surface area (Å²) in [6.07, 6.45) is 2.92. The summed E-state index contributed by atoms with van der Waals surface area (Å²) in [4.78, 5) is 2.09. The molecular formula is C12H21N3O2S. The molecule has 0 spiro atoms. The summed E-state index contributed by atoms with van der Waals surface area (Å²) in [5, 5.41) is 9.01. The number of nitrogens with zero attached hydrogens (tertiary/aromatic N) is 3. The van der Waals surface area contributed by atoms with Gasteiger partial charge in [0.2, 0.25) is 10.0 Å². The van der Waals surface area contributed by atoms with Gasteiger partial charge in [-0.1, -0.05) is 6.92 Å². The lowest BCUT2D eigenvalue weighted by Crippen LogP contribution is -2.52. The first kappa shape index (κ1) is 13.8. The van der Waals surface area contributed by atoms with Gasteiger partial charge in [0.15, 0.2) is 0 Å². The summed E-state index contributed by atoms with van der Waals surface area (Å²) in [6, 6.07) is 2.20. The van der Waals surface area contributed by atoms with E-state index in [0.29, 0.717) is 37.8 Å². The van der Waals surface area contributed by atoms with E-state index in [4.69, 9.17) is 5.26 Å². The van der Waals surface area contributed by atoms with Crippen molar-refractivity contribution < 1.29 is 8.42 Å². The van der Waals surface area contributed by atoms with Crippen LogP contribution in [0.5, 0.6) is 0 Å². The van der Waals surface area contributed by atoms with Gasteiger partial charge in [0.05, 0.1) is 17.9 Å². The van der Waals surface area contributed by atoms with Crippen molar-refractivity contribution in [2.75, 3.05) is 31.9 Å². The third kappa shape index (κ3) is 3.22. The highest BCUT2D eigenvalue weighted by Crippen LogP contribution is 2.31. The number of rotatable bonds is 5. The second-order valence-corrected chi connectivity index (χ2v) is 7.22. The van der Waals surface area contributed by atoms with Gasteiger partial charge >= 0.3 is 0 Å². The quantitative estimate of drug-likeness (QED) is 0.736. The molecule has 0 aromatic rings. The van der Waals surface area contributed by atoms with E-state index in [1.54, 1.807) is 4.31 Å². The minimum Gasteiger partial charge on any atom is -0.285 e. The molecule has 1 aliphatic carbocycles. The Bertz CT molecular complexity index is 417. The Hall–Kier alpha value is -0.640. The summed E-state index contributed by atoms with van der Waals surface area (Å²) in [5.41, 5.74) is 0. The topological polar surface area (TPSA) is 64.4 Å². The Labute approximate surface area is 109 Å². The fourth-order valence-electron chi connectivity index (χ4n) is 2.41. The van der Waals surface area contributed by atoms with Gasteiger partial charge in [-0.25, -0.2) is 8.42 Å². The van der Waals surface area contributed by atoms with Gasteiger partial charge in [-0.2, -0.15) is 9.57 Å². The van der Waals surface area contributed by atoms with Gasteiger partial charge in [0.1, 0.15) is 0 Å². The molecule has 0 N–H and O–H groups in total.